The molecule has 0 unspecified atom stereocenters. The fourth-order valence-electron chi connectivity index (χ4n) is 1.18. The summed E-state index contributed by atoms with van der Waals surface area (Å²) < 4.78 is 49.5. The molecule has 84 valence electrons. The molecule has 0 bridgehead atoms. The Labute approximate surface area is 85.1 Å². The summed E-state index contributed by atoms with van der Waals surface area (Å²) in [6, 6.07) is 2.95. The van der Waals surface area contributed by atoms with Crippen LogP contribution in [0.15, 0.2) is 18.2 Å². The van der Waals surface area contributed by atoms with E-state index < -0.39 is 17.6 Å². The summed E-state index contributed by atoms with van der Waals surface area (Å²) in [4.78, 5) is 0. The van der Waals surface area contributed by atoms with Crippen LogP contribution in [0, 0.1) is 5.82 Å². The van der Waals surface area contributed by atoms with Gasteiger partial charge >= 0.3 is 6.18 Å². The molecule has 0 saturated carbocycles. The van der Waals surface area contributed by atoms with Crippen molar-refractivity contribution in [3.8, 4) is 0 Å². The minimum Gasteiger partial charge on any atom is -0.665 e. The molecule has 0 spiro atoms. The number of alkyl halides is 3. The van der Waals surface area contributed by atoms with E-state index in [0.717, 1.165) is 12.1 Å². The largest absolute Gasteiger partial charge is 0.665 e. The van der Waals surface area contributed by atoms with Crippen LogP contribution >= 0.6 is 0 Å². The zero-order valence-electron chi connectivity index (χ0n) is 8.11. The molecule has 1 aromatic rings. The van der Waals surface area contributed by atoms with Crippen molar-refractivity contribution in [2.45, 2.75) is 12.6 Å². The number of hydrogen-bond acceptors (Lipinski definition) is 0. The summed E-state index contributed by atoms with van der Waals surface area (Å²) in [6.45, 7) is 0.477. The van der Waals surface area contributed by atoms with Gasteiger partial charge in [-0.15, -0.1) is 6.54 Å². The van der Waals surface area contributed by atoms with Crippen molar-refractivity contribution in [2.75, 3.05) is 13.6 Å². The van der Waals surface area contributed by atoms with Gasteiger partial charge in [0, 0.05) is 0 Å². The lowest BCUT2D eigenvalue weighted by molar-refractivity contribution is -0.140. The van der Waals surface area contributed by atoms with Gasteiger partial charge in [0.15, 0.2) is 0 Å². The number of nitrogens with zero attached hydrogens (tertiary/aromatic N) is 1. The average Bonchev–Trinajstić information content (AvgIpc) is 2.12. The fraction of sp³-hybridized carbons (Fsp3) is 0.400. The molecule has 0 N–H and O–H groups in total. The van der Waals surface area contributed by atoms with Gasteiger partial charge in [-0.25, -0.2) is 4.39 Å². The quantitative estimate of drug-likeness (QED) is 0.693. The van der Waals surface area contributed by atoms with Gasteiger partial charge in [-0.2, -0.15) is 20.2 Å². The summed E-state index contributed by atoms with van der Waals surface area (Å²) in [7, 11) is 1.60. The maximum Gasteiger partial charge on any atom is 0.419 e. The van der Waals surface area contributed by atoms with Crippen LogP contribution in [0.25, 0.3) is 5.32 Å². The molecular formula is C10H10F4N-. The van der Waals surface area contributed by atoms with Gasteiger partial charge in [-0.1, -0.05) is 6.07 Å². The van der Waals surface area contributed by atoms with Crippen molar-refractivity contribution in [3.63, 3.8) is 0 Å². The fourth-order valence-corrected chi connectivity index (χ4v) is 1.18. The van der Waals surface area contributed by atoms with Crippen molar-refractivity contribution in [3.05, 3.63) is 40.5 Å². The van der Waals surface area contributed by atoms with Gasteiger partial charge in [0.1, 0.15) is 5.82 Å². The second kappa shape index (κ2) is 4.61. The maximum atomic E-state index is 13.0. The molecule has 1 aromatic carbocycles. The lowest BCUT2D eigenvalue weighted by atomic mass is 10.1. The molecule has 0 radical (unpaired) electrons. The first-order chi connectivity index (χ1) is 6.95. The highest BCUT2D eigenvalue weighted by Gasteiger charge is 2.33. The van der Waals surface area contributed by atoms with E-state index in [4.69, 9.17) is 0 Å². The molecule has 0 amide bonds. The van der Waals surface area contributed by atoms with Gasteiger partial charge in [-0.05, 0) is 24.1 Å². The molecule has 0 fully saturated rings. The van der Waals surface area contributed by atoms with Gasteiger partial charge in [0.05, 0.1) is 5.56 Å². The molecular weight excluding hydrogens is 210 g/mol. The predicted octanol–water partition coefficient (Wildman–Crippen LogP) is 3.39. The van der Waals surface area contributed by atoms with Crippen molar-refractivity contribution in [1.82, 2.24) is 0 Å². The highest BCUT2D eigenvalue weighted by atomic mass is 19.4. The van der Waals surface area contributed by atoms with E-state index in [-0.39, 0.29) is 0 Å². The lowest BCUT2D eigenvalue weighted by Crippen LogP contribution is -2.08. The summed E-state index contributed by atoms with van der Waals surface area (Å²) in [5, 5.41) is 3.79. The van der Waals surface area contributed by atoms with Gasteiger partial charge in [0.25, 0.3) is 0 Å². The molecule has 0 aliphatic heterocycles. The highest BCUT2D eigenvalue weighted by Crippen LogP contribution is 2.31. The zero-order chi connectivity index (χ0) is 11.5. The molecule has 0 heterocycles. The molecule has 0 atom stereocenters. The molecule has 1 rings (SSSR count). The van der Waals surface area contributed by atoms with E-state index in [0.29, 0.717) is 18.5 Å². The third kappa shape index (κ3) is 3.20. The Bertz CT molecular complexity index is 333. The highest BCUT2D eigenvalue weighted by molar-refractivity contribution is 5.27. The molecule has 0 saturated heterocycles. The Hall–Kier alpha value is -1.10. The van der Waals surface area contributed by atoms with E-state index in [1.165, 1.54) is 6.07 Å². The normalized spacial score (nSPS) is 11.8. The van der Waals surface area contributed by atoms with Crippen LogP contribution in [0.2, 0.25) is 0 Å². The minimum absolute atomic E-state index is 0.450. The van der Waals surface area contributed by atoms with Crippen molar-refractivity contribution in [1.29, 1.82) is 0 Å². The number of halogens is 4. The Kier molecular flexibility index (Phi) is 3.68. The van der Waals surface area contributed by atoms with Crippen LogP contribution in [0.1, 0.15) is 11.1 Å². The first-order valence-corrected chi connectivity index (χ1v) is 4.36. The van der Waals surface area contributed by atoms with E-state index in [1.54, 1.807) is 7.05 Å². The first-order valence-electron chi connectivity index (χ1n) is 4.36. The zero-order valence-corrected chi connectivity index (χ0v) is 8.11. The second-order valence-corrected chi connectivity index (χ2v) is 3.10. The molecule has 1 nitrogen and oxygen atoms in total. The van der Waals surface area contributed by atoms with Crippen LogP contribution in [-0.2, 0) is 12.6 Å². The summed E-state index contributed by atoms with van der Waals surface area (Å²) in [6.07, 6.45) is -4.18. The number of likely N-dealkylation sites (N-methyl/N-ethyl adjacent to an activating group) is 1. The third-order valence-corrected chi connectivity index (χ3v) is 1.96. The van der Waals surface area contributed by atoms with Crippen LogP contribution in [-0.4, -0.2) is 13.6 Å². The smallest absolute Gasteiger partial charge is 0.419 e. The summed E-state index contributed by atoms with van der Waals surface area (Å²) in [5.74, 6) is -1.23. The van der Waals surface area contributed by atoms with Crippen LogP contribution in [0.3, 0.4) is 0 Å². The predicted molar refractivity (Wildman–Crippen MR) is 49.3 cm³/mol. The Morgan fingerprint density at radius 1 is 1.27 bits per heavy atom. The number of hydrogen-bond donors (Lipinski definition) is 0. The van der Waals surface area contributed by atoms with Crippen molar-refractivity contribution < 1.29 is 17.6 Å². The lowest BCUT2D eigenvalue weighted by Gasteiger charge is -2.12. The topological polar surface area (TPSA) is 14.1 Å². The van der Waals surface area contributed by atoms with Crippen molar-refractivity contribution >= 4 is 0 Å². The van der Waals surface area contributed by atoms with Crippen LogP contribution in [0.4, 0.5) is 17.6 Å². The van der Waals surface area contributed by atoms with E-state index in [2.05, 4.69) is 5.32 Å². The summed E-state index contributed by atoms with van der Waals surface area (Å²) >= 11 is 0. The number of benzene rings is 1. The van der Waals surface area contributed by atoms with Crippen LogP contribution < -0.4 is 0 Å². The number of rotatable bonds is 3. The Morgan fingerprint density at radius 3 is 2.40 bits per heavy atom. The SMILES string of the molecule is C[N-]CCc1ccc(C(F)(F)F)c(F)c1. The molecule has 15 heavy (non-hydrogen) atoms. The Morgan fingerprint density at radius 2 is 1.93 bits per heavy atom. The minimum atomic E-state index is -4.63. The first kappa shape index (κ1) is 12.0. The van der Waals surface area contributed by atoms with Crippen molar-refractivity contribution in [2.24, 2.45) is 0 Å². The second-order valence-electron chi connectivity index (χ2n) is 3.10. The van der Waals surface area contributed by atoms with E-state index in [1.807, 2.05) is 0 Å². The molecule has 0 aliphatic carbocycles. The Balaban J connectivity index is 2.89. The van der Waals surface area contributed by atoms with Crippen LogP contribution in [0.5, 0.6) is 0 Å². The molecule has 5 heteroatoms. The third-order valence-electron chi connectivity index (χ3n) is 1.96. The average molecular weight is 220 g/mol. The maximum absolute atomic E-state index is 13.0. The summed E-state index contributed by atoms with van der Waals surface area (Å²) in [5.41, 5.74) is -0.703. The monoisotopic (exact) mass is 220 g/mol. The molecule has 0 aromatic heterocycles. The van der Waals surface area contributed by atoms with Gasteiger partial charge in [0.2, 0.25) is 0 Å². The van der Waals surface area contributed by atoms with Gasteiger partial charge in [-0.3, -0.25) is 0 Å². The standard InChI is InChI=1S/C10H10F4N/c1-15-5-4-7-2-3-8(9(11)6-7)10(12,13)14/h2-3,6H,4-5H2,1H3/q-1. The van der Waals surface area contributed by atoms with E-state index >= 15 is 0 Å². The van der Waals surface area contributed by atoms with E-state index in [9.17, 15) is 17.6 Å². The molecule has 0 aliphatic rings. The van der Waals surface area contributed by atoms with Gasteiger partial charge < -0.3 is 5.32 Å².